The molecular formula is C12H22N2O4S. The van der Waals surface area contributed by atoms with Crippen LogP contribution in [0.3, 0.4) is 0 Å². The van der Waals surface area contributed by atoms with Crippen molar-refractivity contribution in [3.63, 3.8) is 0 Å². The fraction of sp³-hybridized carbons (Fsp3) is 0.833. The molecule has 2 amide bonds. The Labute approximate surface area is 114 Å². The predicted molar refractivity (Wildman–Crippen MR) is 72.3 cm³/mol. The van der Waals surface area contributed by atoms with E-state index in [4.69, 9.17) is 0 Å². The first kappa shape index (κ1) is 15.9. The van der Waals surface area contributed by atoms with E-state index in [2.05, 4.69) is 5.32 Å². The third-order valence-corrected chi connectivity index (χ3v) is 4.37. The summed E-state index contributed by atoms with van der Waals surface area (Å²) in [5, 5.41) is 2.73. The molecule has 1 heterocycles. The lowest BCUT2D eigenvalue weighted by molar-refractivity contribution is -0.134. The second-order valence-corrected chi connectivity index (χ2v) is 7.40. The first-order valence-corrected chi connectivity index (χ1v) is 8.56. The van der Waals surface area contributed by atoms with Gasteiger partial charge in [-0.05, 0) is 5.92 Å². The van der Waals surface area contributed by atoms with Gasteiger partial charge >= 0.3 is 0 Å². The molecule has 1 aliphatic heterocycles. The summed E-state index contributed by atoms with van der Waals surface area (Å²) in [4.78, 5) is 25.4. The maximum Gasteiger partial charge on any atom is 0.245 e. The van der Waals surface area contributed by atoms with Crippen LogP contribution < -0.4 is 5.32 Å². The highest BCUT2D eigenvalue weighted by molar-refractivity contribution is 7.90. The van der Waals surface area contributed by atoms with Crippen LogP contribution in [0.1, 0.15) is 26.7 Å². The predicted octanol–water partition coefficient (Wildman–Crippen LogP) is -0.206. The molecule has 7 heteroatoms. The zero-order valence-electron chi connectivity index (χ0n) is 11.7. The highest BCUT2D eigenvalue weighted by atomic mass is 32.2. The Balaban J connectivity index is 2.80. The highest BCUT2D eigenvalue weighted by Crippen LogP contribution is 2.14. The van der Waals surface area contributed by atoms with Crippen molar-refractivity contribution < 1.29 is 18.0 Å². The number of sulfone groups is 1. The molecule has 1 N–H and O–H groups in total. The van der Waals surface area contributed by atoms with E-state index >= 15 is 0 Å². The normalized spacial score (nSPS) is 22.9. The van der Waals surface area contributed by atoms with Crippen LogP contribution in [0.5, 0.6) is 0 Å². The van der Waals surface area contributed by atoms with Crippen LogP contribution in [0.25, 0.3) is 0 Å². The smallest absolute Gasteiger partial charge is 0.245 e. The summed E-state index contributed by atoms with van der Waals surface area (Å²) in [6.45, 7) is 4.30. The molecule has 110 valence electrons. The number of nitrogens with one attached hydrogen (secondary N) is 1. The fourth-order valence-corrected chi connectivity index (χ4v) is 2.52. The largest absolute Gasteiger partial charge is 0.344 e. The number of rotatable bonds is 5. The van der Waals surface area contributed by atoms with Crippen LogP contribution in [0, 0.1) is 5.92 Å². The second kappa shape index (κ2) is 6.36. The number of nitrogens with zero attached hydrogens (tertiary/aromatic N) is 1. The van der Waals surface area contributed by atoms with E-state index in [0.29, 0.717) is 0 Å². The maximum atomic E-state index is 12.3. The Morgan fingerprint density at radius 1 is 1.42 bits per heavy atom. The minimum absolute atomic E-state index is 0.0373. The van der Waals surface area contributed by atoms with Crippen molar-refractivity contribution in [2.45, 2.75) is 32.7 Å². The van der Waals surface area contributed by atoms with Crippen LogP contribution >= 0.6 is 0 Å². The summed E-state index contributed by atoms with van der Waals surface area (Å²) in [5.41, 5.74) is 0. The van der Waals surface area contributed by atoms with Gasteiger partial charge in [-0.25, -0.2) is 8.42 Å². The first-order valence-electron chi connectivity index (χ1n) is 6.50. The van der Waals surface area contributed by atoms with Crippen molar-refractivity contribution in [3.05, 3.63) is 0 Å². The van der Waals surface area contributed by atoms with Gasteiger partial charge in [0.2, 0.25) is 11.8 Å². The van der Waals surface area contributed by atoms with E-state index in [1.165, 1.54) is 4.90 Å². The summed E-state index contributed by atoms with van der Waals surface area (Å²) in [6.07, 6.45) is 2.14. The average Bonchev–Trinajstić information content (AvgIpc) is 2.45. The van der Waals surface area contributed by atoms with Crippen LogP contribution in [-0.4, -0.2) is 56.3 Å². The number of amides is 2. The molecule has 19 heavy (non-hydrogen) atoms. The lowest BCUT2D eigenvalue weighted by atomic mass is 9.98. The summed E-state index contributed by atoms with van der Waals surface area (Å²) in [7, 11) is -3.11. The minimum atomic E-state index is -3.11. The molecule has 0 radical (unpaired) electrons. The Hall–Kier alpha value is -1.11. The van der Waals surface area contributed by atoms with Crippen LogP contribution in [0.4, 0.5) is 0 Å². The number of carbonyl (C=O) groups excluding carboxylic acids is 2. The molecule has 0 spiro atoms. The molecular weight excluding hydrogens is 268 g/mol. The van der Waals surface area contributed by atoms with E-state index in [9.17, 15) is 18.0 Å². The quantitative estimate of drug-likeness (QED) is 0.759. The Bertz CT molecular complexity index is 447. The zero-order chi connectivity index (χ0) is 14.6. The lowest BCUT2D eigenvalue weighted by Crippen LogP contribution is -2.49. The fourth-order valence-electron chi connectivity index (χ4n) is 1.97. The molecule has 1 fully saturated rings. The molecule has 0 aromatic rings. The van der Waals surface area contributed by atoms with E-state index in [1.54, 1.807) is 0 Å². The summed E-state index contributed by atoms with van der Waals surface area (Å²) in [5.74, 6) is -0.361. The first-order chi connectivity index (χ1) is 8.74. The zero-order valence-corrected chi connectivity index (χ0v) is 12.5. The molecule has 2 unspecified atom stereocenters. The second-order valence-electron chi connectivity index (χ2n) is 5.14. The van der Waals surface area contributed by atoms with Gasteiger partial charge in [0.05, 0.1) is 5.75 Å². The van der Waals surface area contributed by atoms with Crippen molar-refractivity contribution in [2.24, 2.45) is 5.92 Å². The summed E-state index contributed by atoms with van der Waals surface area (Å²) < 4.78 is 22.4. The molecule has 6 nitrogen and oxygen atoms in total. The average molecular weight is 290 g/mol. The van der Waals surface area contributed by atoms with E-state index in [0.717, 1.165) is 12.7 Å². The van der Waals surface area contributed by atoms with Crippen LogP contribution in [-0.2, 0) is 19.4 Å². The molecule has 2 atom stereocenters. The van der Waals surface area contributed by atoms with E-state index in [1.807, 2.05) is 13.8 Å². The van der Waals surface area contributed by atoms with Gasteiger partial charge < -0.3 is 10.2 Å². The molecule has 0 aromatic heterocycles. The standard InChI is InChI=1S/C12H22N2O4S/c1-4-9(2)11-12(16)14(6-5-10(15)13-11)7-8-19(3,17)18/h9,11H,4-8H2,1-3H3,(H,13,15). The van der Waals surface area contributed by atoms with Crippen LogP contribution in [0.2, 0.25) is 0 Å². The summed E-state index contributed by atoms with van der Waals surface area (Å²) >= 11 is 0. The van der Waals surface area contributed by atoms with Gasteiger partial charge in [0.25, 0.3) is 0 Å². The van der Waals surface area contributed by atoms with E-state index in [-0.39, 0.29) is 43.0 Å². The number of hydrogen-bond donors (Lipinski definition) is 1. The van der Waals surface area contributed by atoms with Gasteiger partial charge in [-0.1, -0.05) is 20.3 Å². The molecule has 1 aliphatic rings. The molecule has 1 rings (SSSR count). The maximum absolute atomic E-state index is 12.3. The van der Waals surface area contributed by atoms with Crippen molar-refractivity contribution in [1.82, 2.24) is 10.2 Å². The van der Waals surface area contributed by atoms with Gasteiger partial charge in [-0.3, -0.25) is 9.59 Å². The van der Waals surface area contributed by atoms with Gasteiger partial charge in [-0.15, -0.1) is 0 Å². The Morgan fingerprint density at radius 3 is 2.58 bits per heavy atom. The van der Waals surface area contributed by atoms with Gasteiger partial charge in [0.15, 0.2) is 0 Å². The molecule has 0 aromatic carbocycles. The van der Waals surface area contributed by atoms with Crippen molar-refractivity contribution >= 4 is 21.7 Å². The van der Waals surface area contributed by atoms with Crippen molar-refractivity contribution in [2.75, 3.05) is 25.1 Å². The van der Waals surface area contributed by atoms with Gasteiger partial charge in [-0.2, -0.15) is 0 Å². The van der Waals surface area contributed by atoms with Gasteiger partial charge in [0.1, 0.15) is 15.9 Å². The monoisotopic (exact) mass is 290 g/mol. The van der Waals surface area contributed by atoms with Gasteiger partial charge in [0, 0.05) is 25.8 Å². The number of hydrogen-bond acceptors (Lipinski definition) is 4. The number of carbonyl (C=O) groups is 2. The van der Waals surface area contributed by atoms with Crippen molar-refractivity contribution in [1.29, 1.82) is 0 Å². The molecule has 1 saturated heterocycles. The third kappa shape index (κ3) is 4.81. The lowest BCUT2D eigenvalue weighted by Gasteiger charge is -2.26. The third-order valence-electron chi connectivity index (χ3n) is 3.45. The van der Waals surface area contributed by atoms with E-state index < -0.39 is 15.9 Å². The van der Waals surface area contributed by atoms with Crippen LogP contribution in [0.15, 0.2) is 0 Å². The Kier molecular flexibility index (Phi) is 5.34. The molecule has 0 aliphatic carbocycles. The SMILES string of the molecule is CCC(C)C1NC(=O)CCN(CCS(C)(=O)=O)C1=O. The topological polar surface area (TPSA) is 83.6 Å². The van der Waals surface area contributed by atoms with Crippen molar-refractivity contribution in [3.8, 4) is 0 Å². The Morgan fingerprint density at radius 2 is 2.05 bits per heavy atom. The summed E-state index contributed by atoms with van der Waals surface area (Å²) in [6, 6.07) is -0.542. The minimum Gasteiger partial charge on any atom is -0.344 e. The molecule has 0 saturated carbocycles. The molecule has 0 bridgehead atoms. The highest BCUT2D eigenvalue weighted by Gasteiger charge is 2.32.